The summed E-state index contributed by atoms with van der Waals surface area (Å²) in [7, 11) is 2.06. The average Bonchev–Trinajstić information content (AvgIpc) is 2.28. The molecule has 106 valence electrons. The first-order chi connectivity index (χ1) is 8.82. The van der Waals surface area contributed by atoms with Crippen molar-refractivity contribution in [3.8, 4) is 0 Å². The number of aryl methyl sites for hydroxylation is 1. The van der Waals surface area contributed by atoms with Crippen molar-refractivity contribution in [3.63, 3.8) is 0 Å². The maximum absolute atomic E-state index is 5.93. The third-order valence-corrected chi connectivity index (χ3v) is 4.46. The molecule has 1 atom stereocenters. The Morgan fingerprint density at radius 1 is 1.26 bits per heavy atom. The predicted molar refractivity (Wildman–Crippen MR) is 82.4 cm³/mol. The predicted octanol–water partition coefficient (Wildman–Crippen LogP) is 3.29. The molecule has 3 N–H and O–H groups in total. The van der Waals surface area contributed by atoms with Crippen LogP contribution >= 0.6 is 0 Å². The van der Waals surface area contributed by atoms with Gasteiger partial charge in [-0.05, 0) is 54.8 Å². The summed E-state index contributed by atoms with van der Waals surface area (Å²) < 4.78 is 0. The normalized spacial score (nSPS) is 24.9. The average molecular weight is 260 g/mol. The van der Waals surface area contributed by atoms with Crippen LogP contribution in [0.25, 0.3) is 0 Å². The van der Waals surface area contributed by atoms with Gasteiger partial charge in [0.05, 0.1) is 0 Å². The molecule has 1 unspecified atom stereocenters. The molecule has 0 saturated heterocycles. The molecule has 0 bridgehead atoms. The van der Waals surface area contributed by atoms with E-state index < -0.39 is 0 Å². The molecule has 1 aromatic rings. The maximum atomic E-state index is 5.93. The van der Waals surface area contributed by atoms with Crippen LogP contribution in [0.15, 0.2) is 18.2 Å². The Labute approximate surface area is 117 Å². The lowest BCUT2D eigenvalue weighted by molar-refractivity contribution is 0.203. The highest BCUT2D eigenvalue weighted by molar-refractivity contribution is 5.36. The molecular formula is C17H28N2. The van der Waals surface area contributed by atoms with Crippen molar-refractivity contribution in [1.82, 2.24) is 5.32 Å². The second-order valence-corrected chi connectivity index (χ2v) is 7.08. The highest BCUT2D eigenvalue weighted by atomic mass is 14.9. The van der Waals surface area contributed by atoms with E-state index in [0.29, 0.717) is 18.0 Å². The smallest absolute Gasteiger partial charge is 0.0349 e. The first-order valence-electron chi connectivity index (χ1n) is 7.37. The zero-order valence-electron chi connectivity index (χ0n) is 13.0. The van der Waals surface area contributed by atoms with Crippen LogP contribution in [-0.4, -0.2) is 13.1 Å². The zero-order chi connectivity index (χ0) is 14.2. The summed E-state index contributed by atoms with van der Waals surface area (Å²) in [5.41, 5.74) is 10.4. The van der Waals surface area contributed by atoms with Gasteiger partial charge in [-0.15, -0.1) is 0 Å². The molecule has 1 saturated carbocycles. The SMILES string of the molecule is CNC(c1ccc(C(C)(C)C)cc1C)C1CC(N)C1. The first kappa shape index (κ1) is 14.5. The van der Waals surface area contributed by atoms with Gasteiger partial charge in [0.15, 0.2) is 0 Å². The van der Waals surface area contributed by atoms with Crippen molar-refractivity contribution >= 4 is 0 Å². The number of hydrogen-bond donors (Lipinski definition) is 2. The quantitative estimate of drug-likeness (QED) is 0.875. The second kappa shape index (κ2) is 5.26. The van der Waals surface area contributed by atoms with Crippen LogP contribution in [0, 0.1) is 12.8 Å². The Bertz CT molecular complexity index is 439. The Hall–Kier alpha value is -0.860. The highest BCUT2D eigenvalue weighted by Crippen LogP contribution is 2.38. The van der Waals surface area contributed by atoms with Crippen molar-refractivity contribution in [2.75, 3.05) is 7.05 Å². The number of nitrogens with one attached hydrogen (secondary N) is 1. The second-order valence-electron chi connectivity index (χ2n) is 7.08. The molecule has 1 aliphatic rings. The van der Waals surface area contributed by atoms with Gasteiger partial charge in [-0.1, -0.05) is 39.0 Å². The van der Waals surface area contributed by atoms with E-state index in [1.54, 1.807) is 0 Å². The van der Waals surface area contributed by atoms with Crippen LogP contribution in [0.1, 0.15) is 56.3 Å². The summed E-state index contributed by atoms with van der Waals surface area (Å²) in [6.45, 7) is 9.03. The van der Waals surface area contributed by atoms with Crippen molar-refractivity contribution in [2.24, 2.45) is 11.7 Å². The summed E-state index contributed by atoms with van der Waals surface area (Å²) in [6, 6.07) is 7.80. The fourth-order valence-electron chi connectivity index (χ4n) is 3.12. The van der Waals surface area contributed by atoms with Crippen molar-refractivity contribution in [2.45, 2.75) is 58.0 Å². The van der Waals surface area contributed by atoms with Crippen LogP contribution in [0.2, 0.25) is 0 Å². The van der Waals surface area contributed by atoms with Gasteiger partial charge in [-0.2, -0.15) is 0 Å². The number of hydrogen-bond acceptors (Lipinski definition) is 2. The van der Waals surface area contributed by atoms with Crippen LogP contribution in [0.3, 0.4) is 0 Å². The van der Waals surface area contributed by atoms with Crippen molar-refractivity contribution < 1.29 is 0 Å². The van der Waals surface area contributed by atoms with Crippen LogP contribution < -0.4 is 11.1 Å². The van der Waals surface area contributed by atoms with Crippen LogP contribution in [0.4, 0.5) is 0 Å². The molecular weight excluding hydrogens is 232 g/mol. The molecule has 0 spiro atoms. The van der Waals surface area contributed by atoms with E-state index in [1.807, 2.05) is 0 Å². The lowest BCUT2D eigenvalue weighted by atomic mass is 9.73. The van der Waals surface area contributed by atoms with E-state index in [1.165, 1.54) is 16.7 Å². The van der Waals surface area contributed by atoms with Gasteiger partial charge < -0.3 is 11.1 Å². The molecule has 1 aromatic carbocycles. The van der Waals surface area contributed by atoms with E-state index >= 15 is 0 Å². The van der Waals surface area contributed by atoms with Crippen LogP contribution in [-0.2, 0) is 5.41 Å². The van der Waals surface area contributed by atoms with Gasteiger partial charge in [0.1, 0.15) is 0 Å². The van der Waals surface area contributed by atoms with Gasteiger partial charge >= 0.3 is 0 Å². The van der Waals surface area contributed by atoms with Crippen molar-refractivity contribution in [1.29, 1.82) is 0 Å². The number of nitrogens with two attached hydrogens (primary N) is 1. The summed E-state index contributed by atoms with van der Waals surface area (Å²) in [5.74, 6) is 0.694. The van der Waals surface area contributed by atoms with Gasteiger partial charge in [-0.25, -0.2) is 0 Å². The van der Waals surface area contributed by atoms with E-state index in [9.17, 15) is 0 Å². The van der Waals surface area contributed by atoms with Gasteiger partial charge in [0.2, 0.25) is 0 Å². The molecule has 0 heterocycles. The minimum absolute atomic E-state index is 0.219. The lowest BCUT2D eigenvalue weighted by Gasteiger charge is -2.39. The molecule has 0 aliphatic heterocycles. The molecule has 1 aliphatic carbocycles. The van der Waals surface area contributed by atoms with E-state index in [0.717, 1.165) is 12.8 Å². The number of rotatable bonds is 3. The molecule has 2 rings (SSSR count). The zero-order valence-corrected chi connectivity index (χ0v) is 13.0. The third-order valence-electron chi connectivity index (χ3n) is 4.46. The molecule has 0 aromatic heterocycles. The van der Waals surface area contributed by atoms with E-state index in [2.05, 4.69) is 58.3 Å². The standard InChI is InChI=1S/C17H28N2/c1-11-8-13(17(2,3)4)6-7-15(11)16(19-5)12-9-14(18)10-12/h6-8,12,14,16,19H,9-10,18H2,1-5H3. The minimum Gasteiger partial charge on any atom is -0.328 e. The molecule has 2 heteroatoms. The molecule has 2 nitrogen and oxygen atoms in total. The van der Waals surface area contributed by atoms with E-state index in [-0.39, 0.29) is 5.41 Å². The number of benzene rings is 1. The summed E-state index contributed by atoms with van der Waals surface area (Å²) >= 11 is 0. The fourth-order valence-corrected chi connectivity index (χ4v) is 3.12. The minimum atomic E-state index is 0.219. The van der Waals surface area contributed by atoms with Crippen molar-refractivity contribution in [3.05, 3.63) is 34.9 Å². The Morgan fingerprint density at radius 2 is 1.89 bits per heavy atom. The monoisotopic (exact) mass is 260 g/mol. The fraction of sp³-hybridized carbons (Fsp3) is 0.647. The molecule has 0 amide bonds. The summed E-state index contributed by atoms with van der Waals surface area (Å²) in [4.78, 5) is 0. The Kier molecular flexibility index (Phi) is 4.03. The van der Waals surface area contributed by atoms with Gasteiger partial charge in [0, 0.05) is 12.1 Å². The molecule has 0 radical (unpaired) electrons. The van der Waals surface area contributed by atoms with Crippen LogP contribution in [0.5, 0.6) is 0 Å². The molecule has 19 heavy (non-hydrogen) atoms. The summed E-state index contributed by atoms with van der Waals surface area (Å²) in [5, 5.41) is 3.48. The largest absolute Gasteiger partial charge is 0.328 e. The van der Waals surface area contributed by atoms with Gasteiger partial charge in [-0.3, -0.25) is 0 Å². The van der Waals surface area contributed by atoms with E-state index in [4.69, 9.17) is 5.73 Å². The third kappa shape index (κ3) is 3.01. The van der Waals surface area contributed by atoms with Gasteiger partial charge in [0.25, 0.3) is 0 Å². The lowest BCUT2D eigenvalue weighted by Crippen LogP contribution is -2.42. The summed E-state index contributed by atoms with van der Waals surface area (Å²) in [6.07, 6.45) is 2.29. The molecule has 1 fully saturated rings. The topological polar surface area (TPSA) is 38.0 Å². The maximum Gasteiger partial charge on any atom is 0.0349 e. The Morgan fingerprint density at radius 3 is 2.32 bits per heavy atom. The first-order valence-corrected chi connectivity index (χ1v) is 7.37. The Balaban J connectivity index is 2.24. The highest BCUT2D eigenvalue weighted by Gasteiger charge is 2.33.